The lowest BCUT2D eigenvalue weighted by Crippen LogP contribution is -2.39. The molecule has 1 atom stereocenters. The third kappa shape index (κ3) is 3.34. The van der Waals surface area contributed by atoms with Gasteiger partial charge in [-0.25, -0.2) is 15.0 Å². The molecule has 1 unspecified atom stereocenters. The molecule has 0 spiro atoms. The van der Waals surface area contributed by atoms with Crippen LogP contribution in [0.5, 0.6) is 0 Å². The highest BCUT2D eigenvalue weighted by Gasteiger charge is 2.31. The second-order valence-corrected chi connectivity index (χ2v) is 7.00. The normalized spacial score (nSPS) is 17.3. The SMILES string of the molecule is Cc1nc(-c2nccn2C)cc(C2CCCCN2C(=O)c2cnn(C)c2)n1. The van der Waals surface area contributed by atoms with Crippen molar-refractivity contribution in [3.63, 3.8) is 0 Å². The third-order valence-electron chi connectivity index (χ3n) is 4.96. The van der Waals surface area contributed by atoms with E-state index < -0.39 is 0 Å². The molecule has 27 heavy (non-hydrogen) atoms. The molecule has 0 aromatic carbocycles. The van der Waals surface area contributed by atoms with E-state index in [1.807, 2.05) is 42.7 Å². The summed E-state index contributed by atoms with van der Waals surface area (Å²) in [5.74, 6) is 1.48. The van der Waals surface area contributed by atoms with E-state index in [1.54, 1.807) is 23.3 Å². The van der Waals surface area contributed by atoms with Crippen LogP contribution >= 0.6 is 0 Å². The summed E-state index contributed by atoms with van der Waals surface area (Å²) < 4.78 is 3.59. The van der Waals surface area contributed by atoms with Gasteiger partial charge in [0.1, 0.15) is 11.5 Å². The minimum Gasteiger partial charge on any atom is -0.333 e. The molecule has 4 rings (SSSR count). The highest BCUT2D eigenvalue weighted by Crippen LogP contribution is 2.32. The summed E-state index contributed by atoms with van der Waals surface area (Å²) in [4.78, 5) is 28.6. The molecule has 1 saturated heterocycles. The molecule has 3 aromatic rings. The van der Waals surface area contributed by atoms with Gasteiger partial charge in [-0.1, -0.05) is 0 Å². The van der Waals surface area contributed by atoms with Crippen molar-refractivity contribution in [2.24, 2.45) is 14.1 Å². The zero-order valence-electron chi connectivity index (χ0n) is 15.8. The van der Waals surface area contributed by atoms with Crippen LogP contribution in [0, 0.1) is 6.92 Å². The van der Waals surface area contributed by atoms with Crippen molar-refractivity contribution < 1.29 is 4.79 Å². The van der Waals surface area contributed by atoms with Crippen LogP contribution in [0.3, 0.4) is 0 Å². The van der Waals surface area contributed by atoms with E-state index in [-0.39, 0.29) is 11.9 Å². The Bertz CT molecular complexity index is 974. The Morgan fingerprint density at radius 1 is 1.22 bits per heavy atom. The van der Waals surface area contributed by atoms with Crippen LogP contribution in [-0.2, 0) is 14.1 Å². The number of imidazole rings is 1. The van der Waals surface area contributed by atoms with Crippen molar-refractivity contribution in [2.45, 2.75) is 32.2 Å². The minimum atomic E-state index is -0.0628. The van der Waals surface area contributed by atoms with E-state index in [2.05, 4.69) is 20.1 Å². The Morgan fingerprint density at radius 3 is 2.78 bits per heavy atom. The lowest BCUT2D eigenvalue weighted by atomic mass is 9.97. The largest absolute Gasteiger partial charge is 0.333 e. The molecule has 1 amide bonds. The first-order valence-corrected chi connectivity index (χ1v) is 9.16. The molecule has 4 heterocycles. The molecule has 8 nitrogen and oxygen atoms in total. The summed E-state index contributed by atoms with van der Waals surface area (Å²) in [6, 6.07) is 1.90. The average molecular weight is 365 g/mol. The molecule has 140 valence electrons. The Balaban J connectivity index is 1.71. The summed E-state index contributed by atoms with van der Waals surface area (Å²) in [5, 5.41) is 4.13. The van der Waals surface area contributed by atoms with E-state index in [4.69, 9.17) is 0 Å². The van der Waals surface area contributed by atoms with E-state index in [0.717, 1.165) is 43.0 Å². The van der Waals surface area contributed by atoms with Crippen molar-refractivity contribution in [3.8, 4) is 11.5 Å². The molecule has 1 aliphatic heterocycles. The van der Waals surface area contributed by atoms with E-state index >= 15 is 0 Å². The van der Waals surface area contributed by atoms with Crippen molar-refractivity contribution in [1.82, 2.24) is 34.2 Å². The number of aryl methyl sites for hydroxylation is 3. The fourth-order valence-electron chi connectivity index (χ4n) is 3.67. The van der Waals surface area contributed by atoms with Crippen LogP contribution < -0.4 is 0 Å². The second kappa shape index (κ2) is 6.94. The number of amides is 1. The number of rotatable bonds is 3. The summed E-state index contributed by atoms with van der Waals surface area (Å²) in [6.07, 6.45) is 10.00. The Kier molecular flexibility index (Phi) is 4.47. The smallest absolute Gasteiger partial charge is 0.257 e. The van der Waals surface area contributed by atoms with E-state index in [0.29, 0.717) is 11.4 Å². The van der Waals surface area contributed by atoms with Gasteiger partial charge >= 0.3 is 0 Å². The lowest BCUT2D eigenvalue weighted by Gasteiger charge is -2.35. The minimum absolute atomic E-state index is 0.00241. The van der Waals surface area contributed by atoms with Gasteiger partial charge in [-0.05, 0) is 32.3 Å². The van der Waals surface area contributed by atoms with Crippen LogP contribution in [0.15, 0.2) is 30.9 Å². The standard InChI is InChI=1S/C19H23N7O/c1-13-22-15(10-16(23-13)18-20-7-9-24(18)2)17-6-4-5-8-26(17)19(27)14-11-21-25(3)12-14/h7,9-12,17H,4-6,8H2,1-3H3. The van der Waals surface area contributed by atoms with Crippen molar-refractivity contribution in [1.29, 1.82) is 0 Å². The molecule has 0 saturated carbocycles. The van der Waals surface area contributed by atoms with Gasteiger partial charge in [0.15, 0.2) is 5.82 Å². The monoisotopic (exact) mass is 365 g/mol. The average Bonchev–Trinajstić information content (AvgIpc) is 3.29. The number of hydrogen-bond acceptors (Lipinski definition) is 5. The van der Waals surface area contributed by atoms with Crippen molar-refractivity contribution in [2.75, 3.05) is 6.54 Å². The topological polar surface area (TPSA) is 81.7 Å². The summed E-state index contributed by atoms with van der Waals surface area (Å²) in [6.45, 7) is 2.60. The first-order valence-electron chi connectivity index (χ1n) is 9.16. The van der Waals surface area contributed by atoms with Gasteiger partial charge in [0.2, 0.25) is 0 Å². The number of carbonyl (C=O) groups is 1. The van der Waals surface area contributed by atoms with Gasteiger partial charge in [-0.2, -0.15) is 5.10 Å². The molecular weight excluding hydrogens is 342 g/mol. The van der Waals surface area contributed by atoms with Crippen LogP contribution in [0.1, 0.15) is 47.2 Å². The van der Waals surface area contributed by atoms with Gasteiger partial charge in [-0.3, -0.25) is 9.48 Å². The summed E-state index contributed by atoms with van der Waals surface area (Å²) in [7, 11) is 3.76. The maximum atomic E-state index is 13.1. The fraction of sp³-hybridized carbons (Fsp3) is 0.421. The predicted molar refractivity (Wildman–Crippen MR) is 99.8 cm³/mol. The van der Waals surface area contributed by atoms with Gasteiger partial charge in [0.25, 0.3) is 5.91 Å². The Morgan fingerprint density at radius 2 is 2.07 bits per heavy atom. The Hall–Kier alpha value is -3.03. The van der Waals surface area contributed by atoms with Crippen LogP contribution in [0.4, 0.5) is 0 Å². The lowest BCUT2D eigenvalue weighted by molar-refractivity contribution is 0.0605. The number of aromatic nitrogens is 6. The highest BCUT2D eigenvalue weighted by atomic mass is 16.2. The zero-order chi connectivity index (χ0) is 19.0. The predicted octanol–water partition coefficient (Wildman–Crippen LogP) is 2.29. The quantitative estimate of drug-likeness (QED) is 0.711. The maximum Gasteiger partial charge on any atom is 0.257 e. The van der Waals surface area contributed by atoms with Gasteiger partial charge in [-0.15, -0.1) is 0 Å². The van der Waals surface area contributed by atoms with Crippen LogP contribution in [0.25, 0.3) is 11.5 Å². The first-order chi connectivity index (χ1) is 13.0. The van der Waals surface area contributed by atoms with E-state index in [9.17, 15) is 4.79 Å². The first kappa shape index (κ1) is 17.4. The Labute approximate surface area is 157 Å². The van der Waals surface area contributed by atoms with E-state index in [1.165, 1.54) is 0 Å². The molecular formula is C19H23N7O. The molecule has 8 heteroatoms. The molecule has 0 aliphatic carbocycles. The number of piperidine rings is 1. The second-order valence-electron chi connectivity index (χ2n) is 7.00. The number of carbonyl (C=O) groups excluding carboxylic acids is 1. The molecule has 0 radical (unpaired) electrons. The van der Waals surface area contributed by atoms with Gasteiger partial charge in [0, 0.05) is 39.2 Å². The van der Waals surface area contributed by atoms with Gasteiger partial charge < -0.3 is 9.47 Å². The van der Waals surface area contributed by atoms with Crippen molar-refractivity contribution in [3.05, 3.63) is 47.9 Å². The molecule has 1 aliphatic rings. The number of hydrogen-bond donors (Lipinski definition) is 0. The maximum absolute atomic E-state index is 13.1. The fourth-order valence-corrected chi connectivity index (χ4v) is 3.67. The molecule has 0 N–H and O–H groups in total. The third-order valence-corrected chi connectivity index (χ3v) is 4.96. The molecule has 3 aromatic heterocycles. The molecule has 1 fully saturated rings. The van der Waals surface area contributed by atoms with Crippen LogP contribution in [0.2, 0.25) is 0 Å². The number of nitrogens with zero attached hydrogens (tertiary/aromatic N) is 7. The number of likely N-dealkylation sites (tertiary alicyclic amines) is 1. The van der Waals surface area contributed by atoms with Crippen molar-refractivity contribution >= 4 is 5.91 Å². The summed E-state index contributed by atoms with van der Waals surface area (Å²) >= 11 is 0. The van der Waals surface area contributed by atoms with Gasteiger partial charge in [0.05, 0.1) is 23.5 Å². The van der Waals surface area contributed by atoms with Crippen LogP contribution in [-0.4, -0.2) is 46.7 Å². The summed E-state index contributed by atoms with van der Waals surface area (Å²) in [5.41, 5.74) is 2.27. The highest BCUT2D eigenvalue weighted by molar-refractivity contribution is 5.94. The molecule has 0 bridgehead atoms. The zero-order valence-corrected chi connectivity index (χ0v) is 15.8.